The minimum Gasteiger partial charge on any atom is -0.506 e. The van der Waals surface area contributed by atoms with Crippen LogP contribution in [-0.4, -0.2) is 69.4 Å². The first-order valence-electron chi connectivity index (χ1n) is 12.3. The van der Waals surface area contributed by atoms with Crippen molar-refractivity contribution in [3.05, 3.63) is 89.2 Å². The molecule has 16 nitrogen and oxygen atoms in total. The number of carboxylic acids is 2. The van der Waals surface area contributed by atoms with Gasteiger partial charge in [-0.25, -0.2) is 14.6 Å². The van der Waals surface area contributed by atoms with Crippen LogP contribution in [0.1, 0.15) is 26.3 Å². The lowest BCUT2D eigenvalue weighted by atomic mass is 9.87. The molecule has 1 aliphatic carbocycles. The lowest BCUT2D eigenvalue weighted by molar-refractivity contribution is 0.0693. The summed E-state index contributed by atoms with van der Waals surface area (Å²) in [4.78, 5) is 21.6. The summed E-state index contributed by atoms with van der Waals surface area (Å²) in [5, 5.41) is 49.3. The standard InChI is InChI=1S/C27H20N4O12S2/c28-19-11-16-12(9-21(19)44(38,39)40)10-22(45(41,42)43)23(25(16)33)29-30-31-6-5-14(15-3-1-2-4-20(15)31)17-7-13(26(34)35)8-18(24(17)32)27(36)37/h1-11,20,32-33H,28H2,(H,34,35)(H,36,37)(H,38,39,40)(H,41,42,43). The Morgan fingerprint density at radius 3 is 2.13 bits per heavy atom. The highest BCUT2D eigenvalue weighted by Crippen LogP contribution is 2.44. The number of hydrogen-bond donors (Lipinski definition) is 7. The van der Waals surface area contributed by atoms with Crippen LogP contribution in [-0.2, 0) is 20.2 Å². The van der Waals surface area contributed by atoms with E-state index in [4.69, 9.17) is 5.73 Å². The molecule has 0 saturated heterocycles. The minimum absolute atomic E-state index is 0.109. The van der Waals surface area contributed by atoms with Crippen LogP contribution < -0.4 is 5.73 Å². The zero-order valence-electron chi connectivity index (χ0n) is 22.3. The van der Waals surface area contributed by atoms with Crippen LogP contribution in [0.15, 0.2) is 92.6 Å². The number of rotatable bonds is 7. The van der Waals surface area contributed by atoms with Crippen LogP contribution in [0.25, 0.3) is 16.3 Å². The third-order valence-corrected chi connectivity index (χ3v) is 8.63. The van der Waals surface area contributed by atoms with E-state index in [9.17, 15) is 56.0 Å². The number of benzene rings is 3. The van der Waals surface area contributed by atoms with Gasteiger partial charge in [0.15, 0.2) is 11.4 Å². The van der Waals surface area contributed by atoms with E-state index in [1.54, 1.807) is 24.3 Å². The van der Waals surface area contributed by atoms with Gasteiger partial charge in [-0.1, -0.05) is 29.5 Å². The number of aromatic carboxylic acids is 2. The predicted octanol–water partition coefficient (Wildman–Crippen LogP) is 3.50. The molecule has 1 heterocycles. The predicted molar refractivity (Wildman–Crippen MR) is 156 cm³/mol. The van der Waals surface area contributed by atoms with Crippen molar-refractivity contribution < 1.29 is 56.0 Å². The largest absolute Gasteiger partial charge is 0.506 e. The number of aromatic hydroxyl groups is 2. The molecule has 1 atom stereocenters. The van der Waals surface area contributed by atoms with Crippen LogP contribution in [0, 0.1) is 0 Å². The van der Waals surface area contributed by atoms with Crippen molar-refractivity contribution in [2.75, 3.05) is 5.73 Å². The number of allylic oxidation sites excluding steroid dienone is 4. The number of anilines is 1. The number of carbonyl (C=O) groups is 2. The van der Waals surface area contributed by atoms with Gasteiger partial charge in [-0.2, -0.15) is 16.8 Å². The van der Waals surface area contributed by atoms with Crippen LogP contribution in [0.3, 0.4) is 0 Å². The maximum Gasteiger partial charge on any atom is 0.339 e. The smallest absolute Gasteiger partial charge is 0.339 e. The highest BCUT2D eigenvalue weighted by molar-refractivity contribution is 7.86. The Bertz CT molecular complexity index is 2220. The molecule has 2 aliphatic rings. The minimum atomic E-state index is -5.11. The van der Waals surface area contributed by atoms with Gasteiger partial charge in [0, 0.05) is 17.1 Å². The Balaban J connectivity index is 1.63. The maximum absolute atomic E-state index is 12.2. The number of nitrogens with zero attached hydrogens (tertiary/aromatic N) is 3. The van der Waals surface area contributed by atoms with Crippen LogP contribution in [0.2, 0.25) is 0 Å². The number of phenolic OH excluding ortho intramolecular Hbond substituents is 1. The van der Waals surface area contributed by atoms with Crippen molar-refractivity contribution in [2.45, 2.75) is 15.8 Å². The van der Waals surface area contributed by atoms with Gasteiger partial charge in [0.2, 0.25) is 0 Å². The van der Waals surface area contributed by atoms with E-state index in [1.807, 2.05) is 0 Å². The molecule has 18 heteroatoms. The van der Waals surface area contributed by atoms with Gasteiger partial charge in [-0.15, -0.1) is 5.11 Å². The Morgan fingerprint density at radius 2 is 1.51 bits per heavy atom. The Hall–Kier alpha value is -5.56. The molecule has 0 fully saturated rings. The Morgan fingerprint density at radius 1 is 0.844 bits per heavy atom. The summed E-state index contributed by atoms with van der Waals surface area (Å²) in [6.07, 6.45) is 9.04. The SMILES string of the molecule is Nc1cc2c(O)c(N=NN3C=CC(c4cc(C(=O)O)cc(C(=O)O)c4O)=C4C=CC=CC43)c(S(=O)(=O)O)cc2cc1S(=O)(=O)O. The molecule has 232 valence electrons. The third-order valence-electron chi connectivity index (χ3n) is 6.85. The van der Waals surface area contributed by atoms with E-state index in [0.717, 1.165) is 30.3 Å². The van der Waals surface area contributed by atoms with Crippen molar-refractivity contribution in [2.24, 2.45) is 10.3 Å². The average Bonchev–Trinajstić information content (AvgIpc) is 2.95. The molecule has 0 amide bonds. The van der Waals surface area contributed by atoms with Crippen molar-refractivity contribution in [3.63, 3.8) is 0 Å². The van der Waals surface area contributed by atoms with Gasteiger partial charge in [0.05, 0.1) is 17.3 Å². The zero-order valence-corrected chi connectivity index (χ0v) is 23.9. The van der Waals surface area contributed by atoms with Crippen molar-refractivity contribution >= 4 is 59.9 Å². The highest BCUT2D eigenvalue weighted by Gasteiger charge is 2.29. The van der Waals surface area contributed by atoms with Gasteiger partial charge < -0.3 is 26.2 Å². The molecule has 0 spiro atoms. The van der Waals surface area contributed by atoms with E-state index >= 15 is 0 Å². The number of nitrogens with two attached hydrogens (primary N) is 1. The molecule has 3 aromatic carbocycles. The topological polar surface area (TPSA) is 278 Å². The number of fused-ring (bicyclic) bond motifs is 2. The van der Waals surface area contributed by atoms with E-state index < -0.39 is 82.0 Å². The summed E-state index contributed by atoms with van der Waals surface area (Å²) in [6.45, 7) is 0. The molecular formula is C27H20N4O12S2. The zero-order chi connectivity index (χ0) is 33.0. The quantitative estimate of drug-likeness (QED) is 0.109. The molecule has 8 N–H and O–H groups in total. The molecule has 0 aromatic heterocycles. The molecule has 3 aromatic rings. The molecule has 1 unspecified atom stereocenters. The fraction of sp³-hybridized carbons (Fsp3) is 0.0370. The van der Waals surface area contributed by atoms with E-state index in [-0.39, 0.29) is 21.9 Å². The second-order valence-corrected chi connectivity index (χ2v) is 12.4. The van der Waals surface area contributed by atoms with Gasteiger partial charge in [0.1, 0.15) is 21.1 Å². The second kappa shape index (κ2) is 10.9. The van der Waals surface area contributed by atoms with Crippen molar-refractivity contribution in [1.29, 1.82) is 0 Å². The first-order valence-corrected chi connectivity index (χ1v) is 15.2. The fourth-order valence-electron chi connectivity index (χ4n) is 4.81. The molecule has 1 aliphatic heterocycles. The Labute approximate surface area is 253 Å². The molecule has 0 saturated carbocycles. The van der Waals surface area contributed by atoms with E-state index in [2.05, 4.69) is 10.3 Å². The summed E-state index contributed by atoms with van der Waals surface area (Å²) in [6, 6.07) is 3.63. The van der Waals surface area contributed by atoms with Crippen LogP contribution in [0.4, 0.5) is 11.4 Å². The number of carboxylic acid groups (broad SMARTS) is 2. The van der Waals surface area contributed by atoms with Crippen LogP contribution >= 0.6 is 0 Å². The number of phenols is 2. The summed E-state index contributed by atoms with van der Waals surface area (Å²) in [7, 11) is -9.94. The Kier molecular flexibility index (Phi) is 7.45. The van der Waals surface area contributed by atoms with Gasteiger partial charge in [-0.3, -0.25) is 9.11 Å². The number of nitrogen functional groups attached to an aromatic ring is 1. The lowest BCUT2D eigenvalue weighted by Gasteiger charge is -2.30. The normalized spacial score (nSPS) is 16.5. The summed E-state index contributed by atoms with van der Waals surface area (Å²) < 4.78 is 67.1. The average molecular weight is 657 g/mol. The van der Waals surface area contributed by atoms with Gasteiger partial charge >= 0.3 is 11.9 Å². The fourth-order valence-corrected chi connectivity index (χ4v) is 6.10. The van der Waals surface area contributed by atoms with Crippen molar-refractivity contribution in [1.82, 2.24) is 5.01 Å². The highest BCUT2D eigenvalue weighted by atomic mass is 32.2. The molecule has 0 bridgehead atoms. The molecule has 45 heavy (non-hydrogen) atoms. The molecule has 0 radical (unpaired) electrons. The third kappa shape index (κ3) is 5.60. The maximum atomic E-state index is 12.2. The lowest BCUT2D eigenvalue weighted by Crippen LogP contribution is -2.29. The first-order chi connectivity index (χ1) is 21.0. The monoisotopic (exact) mass is 656 g/mol. The van der Waals surface area contributed by atoms with Gasteiger partial charge in [0.25, 0.3) is 20.2 Å². The van der Waals surface area contributed by atoms with Gasteiger partial charge in [-0.05, 0) is 52.9 Å². The van der Waals surface area contributed by atoms with E-state index in [1.165, 1.54) is 17.3 Å². The van der Waals surface area contributed by atoms with E-state index in [0.29, 0.717) is 5.57 Å². The first kappa shape index (κ1) is 30.9. The molecule has 5 rings (SSSR count). The second-order valence-electron chi connectivity index (χ2n) is 9.61. The van der Waals surface area contributed by atoms with Crippen LogP contribution in [0.5, 0.6) is 11.5 Å². The summed E-state index contributed by atoms with van der Waals surface area (Å²) in [5.41, 5.74) is 3.94. The number of hydrogen-bond acceptors (Lipinski definition) is 11. The summed E-state index contributed by atoms with van der Waals surface area (Å²) in [5.74, 6) is -4.54. The summed E-state index contributed by atoms with van der Waals surface area (Å²) >= 11 is 0. The van der Waals surface area contributed by atoms with Crippen molar-refractivity contribution in [3.8, 4) is 11.5 Å². The molecular weight excluding hydrogens is 636 g/mol.